The molecule has 0 saturated heterocycles. The molecule has 0 radical (unpaired) electrons. The molecular formula is C12H13BrClFO5S. The molecular weight excluding hydrogens is 391 g/mol. The van der Waals surface area contributed by atoms with Crippen molar-refractivity contribution < 1.29 is 27.1 Å². The first-order valence-electron chi connectivity index (χ1n) is 5.96. The van der Waals surface area contributed by atoms with Gasteiger partial charge in [-0.25, -0.2) is 17.6 Å². The van der Waals surface area contributed by atoms with Crippen LogP contribution < -0.4 is 0 Å². The van der Waals surface area contributed by atoms with Crippen molar-refractivity contribution in [2.75, 3.05) is 19.8 Å². The Morgan fingerprint density at radius 1 is 1.33 bits per heavy atom. The zero-order valence-electron chi connectivity index (χ0n) is 11.1. The van der Waals surface area contributed by atoms with Gasteiger partial charge in [0.05, 0.1) is 16.6 Å². The van der Waals surface area contributed by atoms with Crippen molar-refractivity contribution in [1.29, 1.82) is 0 Å². The van der Waals surface area contributed by atoms with Gasteiger partial charge in [0.1, 0.15) is 17.3 Å². The molecule has 0 N–H and O–H groups in total. The second-order valence-electron chi connectivity index (χ2n) is 3.95. The van der Waals surface area contributed by atoms with Crippen molar-refractivity contribution in [3.8, 4) is 0 Å². The van der Waals surface area contributed by atoms with Crippen LogP contribution in [0.25, 0.3) is 0 Å². The van der Waals surface area contributed by atoms with E-state index >= 15 is 0 Å². The molecule has 0 heterocycles. The lowest BCUT2D eigenvalue weighted by atomic mass is 10.2. The lowest BCUT2D eigenvalue weighted by molar-refractivity contribution is 0.0317. The van der Waals surface area contributed by atoms with E-state index < -0.39 is 25.7 Å². The van der Waals surface area contributed by atoms with Crippen LogP contribution in [0.3, 0.4) is 0 Å². The van der Waals surface area contributed by atoms with E-state index in [4.69, 9.17) is 20.2 Å². The summed E-state index contributed by atoms with van der Waals surface area (Å²) < 4.78 is 45.9. The highest BCUT2D eigenvalue weighted by Gasteiger charge is 2.23. The molecule has 118 valence electrons. The lowest BCUT2D eigenvalue weighted by Crippen LogP contribution is -2.13. The molecule has 9 heteroatoms. The van der Waals surface area contributed by atoms with E-state index in [2.05, 4.69) is 15.9 Å². The number of rotatable bonds is 7. The lowest BCUT2D eigenvalue weighted by Gasteiger charge is -2.09. The Kier molecular flexibility index (Phi) is 7.05. The molecule has 0 aromatic heterocycles. The first-order chi connectivity index (χ1) is 9.77. The van der Waals surface area contributed by atoms with Gasteiger partial charge in [-0.3, -0.25) is 0 Å². The van der Waals surface area contributed by atoms with E-state index in [0.717, 1.165) is 12.5 Å². The van der Waals surface area contributed by atoms with Gasteiger partial charge >= 0.3 is 5.97 Å². The normalized spacial score (nSPS) is 11.4. The van der Waals surface area contributed by atoms with Crippen molar-refractivity contribution >= 4 is 41.6 Å². The number of halogens is 3. The molecule has 1 aromatic carbocycles. The summed E-state index contributed by atoms with van der Waals surface area (Å²) in [5.74, 6) is -1.78. The van der Waals surface area contributed by atoms with Crippen LogP contribution in [0.4, 0.5) is 4.39 Å². The van der Waals surface area contributed by atoms with E-state index in [1.54, 1.807) is 0 Å². The van der Waals surface area contributed by atoms with E-state index in [1.807, 2.05) is 6.92 Å². The predicted molar refractivity (Wildman–Crippen MR) is 78.5 cm³/mol. The van der Waals surface area contributed by atoms with E-state index in [1.165, 1.54) is 0 Å². The maximum Gasteiger partial charge on any atom is 0.339 e. The summed E-state index contributed by atoms with van der Waals surface area (Å²) >= 11 is 2.92. The van der Waals surface area contributed by atoms with Crippen molar-refractivity contribution in [3.63, 3.8) is 0 Å². The first-order valence-corrected chi connectivity index (χ1v) is 9.06. The van der Waals surface area contributed by atoms with Crippen LogP contribution in [-0.4, -0.2) is 34.2 Å². The molecule has 5 nitrogen and oxygen atoms in total. The van der Waals surface area contributed by atoms with Crippen molar-refractivity contribution in [3.05, 3.63) is 28.0 Å². The van der Waals surface area contributed by atoms with Crippen molar-refractivity contribution in [1.82, 2.24) is 0 Å². The maximum absolute atomic E-state index is 13.4. The highest BCUT2D eigenvalue weighted by molar-refractivity contribution is 9.10. The fraction of sp³-hybridized carbons (Fsp3) is 0.417. The van der Waals surface area contributed by atoms with Crippen molar-refractivity contribution in [2.24, 2.45) is 0 Å². The Morgan fingerprint density at radius 2 is 2.00 bits per heavy atom. The van der Waals surface area contributed by atoms with Crippen LogP contribution >= 0.6 is 26.6 Å². The summed E-state index contributed by atoms with van der Waals surface area (Å²) in [7, 11) is 0.986. The molecule has 21 heavy (non-hydrogen) atoms. The molecule has 1 rings (SSSR count). The molecule has 0 aliphatic heterocycles. The van der Waals surface area contributed by atoms with E-state index in [0.29, 0.717) is 12.7 Å². The number of carbonyl (C=O) groups is 1. The quantitative estimate of drug-likeness (QED) is 0.397. The second-order valence-corrected chi connectivity index (χ2v) is 7.28. The van der Waals surface area contributed by atoms with Crippen LogP contribution in [0.1, 0.15) is 23.7 Å². The Bertz CT molecular complexity index is 620. The van der Waals surface area contributed by atoms with Crippen LogP contribution in [0, 0.1) is 5.82 Å². The topological polar surface area (TPSA) is 69.7 Å². The molecule has 0 atom stereocenters. The third kappa shape index (κ3) is 5.54. The van der Waals surface area contributed by atoms with Crippen LogP contribution in [0.5, 0.6) is 0 Å². The SMILES string of the molecule is CCCOCCOC(=O)c1cc(F)cc(S(=O)(=O)Cl)c1Br. The Labute approximate surface area is 134 Å². The predicted octanol–water partition coefficient (Wildman–Crippen LogP) is 3.10. The molecule has 0 fully saturated rings. The fourth-order valence-corrected chi connectivity index (χ4v) is 3.66. The first kappa shape index (κ1) is 18.3. The highest BCUT2D eigenvalue weighted by atomic mass is 79.9. The zero-order chi connectivity index (χ0) is 16.0. The summed E-state index contributed by atoms with van der Waals surface area (Å²) in [6.45, 7) is 2.65. The van der Waals surface area contributed by atoms with Gasteiger partial charge in [-0.05, 0) is 34.5 Å². The molecule has 0 spiro atoms. The summed E-state index contributed by atoms with van der Waals surface area (Å²) in [6.07, 6.45) is 0.834. The van der Waals surface area contributed by atoms with Gasteiger partial charge in [0.2, 0.25) is 0 Å². The smallest absolute Gasteiger partial charge is 0.339 e. The van der Waals surface area contributed by atoms with Gasteiger partial charge in [-0.15, -0.1) is 0 Å². The average Bonchev–Trinajstić information content (AvgIpc) is 2.39. The van der Waals surface area contributed by atoms with Gasteiger partial charge in [0.25, 0.3) is 9.05 Å². The van der Waals surface area contributed by atoms with Crippen molar-refractivity contribution in [2.45, 2.75) is 18.2 Å². The van der Waals surface area contributed by atoms with E-state index in [-0.39, 0.29) is 23.2 Å². The third-order valence-corrected chi connectivity index (χ3v) is 4.76. The van der Waals surface area contributed by atoms with Crippen LogP contribution in [0.15, 0.2) is 21.5 Å². The number of carbonyl (C=O) groups excluding carboxylic acids is 1. The van der Waals surface area contributed by atoms with Gasteiger partial charge in [-0.2, -0.15) is 0 Å². The largest absolute Gasteiger partial charge is 0.460 e. The number of ether oxygens (including phenoxy) is 2. The molecule has 0 aliphatic carbocycles. The molecule has 0 bridgehead atoms. The molecule has 0 aliphatic rings. The minimum atomic E-state index is -4.19. The minimum absolute atomic E-state index is 0.0231. The standard InChI is InChI=1S/C12H13BrClFO5S/c1-2-3-19-4-5-20-12(16)9-6-8(15)7-10(11(9)13)21(14,17)18/h6-7H,2-5H2,1H3. The Balaban J connectivity index is 2.88. The molecule has 0 saturated carbocycles. The Hall–Kier alpha value is -0.700. The summed E-state index contributed by atoms with van der Waals surface area (Å²) in [6, 6.07) is 1.58. The number of esters is 1. The summed E-state index contributed by atoms with van der Waals surface area (Å²) in [4.78, 5) is 11.3. The fourth-order valence-electron chi connectivity index (χ4n) is 1.41. The van der Waals surface area contributed by atoms with Crippen LogP contribution in [-0.2, 0) is 18.5 Å². The van der Waals surface area contributed by atoms with Gasteiger partial charge in [0, 0.05) is 17.3 Å². The molecule has 1 aromatic rings. The van der Waals surface area contributed by atoms with Gasteiger partial charge < -0.3 is 9.47 Å². The number of benzene rings is 1. The summed E-state index contributed by atoms with van der Waals surface area (Å²) in [5.41, 5.74) is -0.260. The zero-order valence-corrected chi connectivity index (χ0v) is 14.2. The number of hydrogen-bond acceptors (Lipinski definition) is 5. The van der Waals surface area contributed by atoms with Gasteiger partial charge in [-0.1, -0.05) is 6.92 Å². The monoisotopic (exact) mass is 402 g/mol. The second kappa shape index (κ2) is 8.07. The van der Waals surface area contributed by atoms with E-state index in [9.17, 15) is 17.6 Å². The van der Waals surface area contributed by atoms with Gasteiger partial charge in [0.15, 0.2) is 0 Å². The van der Waals surface area contributed by atoms with Crippen LogP contribution in [0.2, 0.25) is 0 Å². The summed E-state index contributed by atoms with van der Waals surface area (Å²) in [5, 5.41) is 0. The molecule has 0 amide bonds. The highest BCUT2D eigenvalue weighted by Crippen LogP contribution is 2.30. The average molecular weight is 404 g/mol. The third-order valence-electron chi connectivity index (χ3n) is 2.30. The minimum Gasteiger partial charge on any atom is -0.460 e. The molecule has 0 unspecified atom stereocenters. The number of hydrogen-bond donors (Lipinski definition) is 0. The maximum atomic E-state index is 13.4. The Morgan fingerprint density at radius 3 is 2.57 bits per heavy atom.